The number of hydrogen-bond donors (Lipinski definition) is 1. The molecule has 144 valence electrons. The first-order chi connectivity index (χ1) is 13.6. The minimum Gasteiger partial charge on any atom is -0.497 e. The maximum Gasteiger partial charge on any atom is 0.276 e. The van der Waals surface area contributed by atoms with Gasteiger partial charge in [-0.1, -0.05) is 5.21 Å². The summed E-state index contributed by atoms with van der Waals surface area (Å²) in [6, 6.07) is 10.3. The number of aromatic amines is 1. The first kappa shape index (κ1) is 17.9. The van der Waals surface area contributed by atoms with Crippen molar-refractivity contribution in [3.05, 3.63) is 63.8 Å². The minimum atomic E-state index is -0.266. The van der Waals surface area contributed by atoms with Gasteiger partial charge in [0, 0.05) is 12.6 Å². The van der Waals surface area contributed by atoms with Gasteiger partial charge >= 0.3 is 0 Å². The van der Waals surface area contributed by atoms with Gasteiger partial charge in [-0.3, -0.25) is 9.59 Å². The van der Waals surface area contributed by atoms with Crippen molar-refractivity contribution in [3.8, 4) is 11.4 Å². The highest BCUT2D eigenvalue weighted by molar-refractivity contribution is 5.93. The van der Waals surface area contributed by atoms with Gasteiger partial charge in [-0.05, 0) is 50.1 Å². The van der Waals surface area contributed by atoms with Gasteiger partial charge in [0.1, 0.15) is 5.75 Å². The number of hydrogen-bond acceptors (Lipinski definition) is 6. The highest BCUT2D eigenvalue weighted by Gasteiger charge is 2.34. The SMILES string of the molecule is COc1ccc(-n2nnc(C(=O)N3CCCC3c3ccc(=O)[nH]n3)c2C)cc1. The summed E-state index contributed by atoms with van der Waals surface area (Å²) in [7, 11) is 1.61. The normalized spacial score (nSPS) is 16.4. The number of nitrogens with zero attached hydrogens (tertiary/aromatic N) is 5. The van der Waals surface area contributed by atoms with Gasteiger partial charge in [0.25, 0.3) is 11.5 Å². The summed E-state index contributed by atoms with van der Waals surface area (Å²) in [5, 5.41) is 14.8. The largest absolute Gasteiger partial charge is 0.497 e. The van der Waals surface area contributed by atoms with Crippen LogP contribution in [-0.4, -0.2) is 49.7 Å². The van der Waals surface area contributed by atoms with Crippen molar-refractivity contribution in [2.75, 3.05) is 13.7 Å². The molecule has 1 atom stereocenters. The maximum atomic E-state index is 13.2. The van der Waals surface area contributed by atoms with Crippen LogP contribution in [0.3, 0.4) is 0 Å². The molecule has 0 bridgehead atoms. The maximum absolute atomic E-state index is 13.2. The molecular weight excluding hydrogens is 360 g/mol. The van der Waals surface area contributed by atoms with Crippen LogP contribution < -0.4 is 10.3 Å². The number of carbonyl (C=O) groups excluding carboxylic acids is 1. The predicted molar refractivity (Wildman–Crippen MR) is 101 cm³/mol. The molecule has 1 saturated heterocycles. The van der Waals surface area contributed by atoms with Gasteiger partial charge in [-0.25, -0.2) is 9.78 Å². The number of methoxy groups -OCH3 is 1. The van der Waals surface area contributed by atoms with E-state index in [0.717, 1.165) is 24.3 Å². The molecule has 1 N–H and O–H groups in total. The Bertz CT molecular complexity index is 1040. The van der Waals surface area contributed by atoms with Crippen molar-refractivity contribution in [1.82, 2.24) is 30.1 Å². The average Bonchev–Trinajstić information content (AvgIpc) is 3.35. The van der Waals surface area contributed by atoms with Crippen molar-refractivity contribution in [2.24, 2.45) is 0 Å². The molecular formula is C19H20N6O3. The average molecular weight is 380 g/mol. The number of amides is 1. The zero-order valence-electron chi connectivity index (χ0n) is 15.6. The molecule has 3 heterocycles. The Hall–Kier alpha value is -3.49. The second kappa shape index (κ2) is 7.26. The van der Waals surface area contributed by atoms with E-state index in [1.807, 2.05) is 31.2 Å². The third-order valence-corrected chi connectivity index (χ3v) is 4.97. The second-order valence-electron chi connectivity index (χ2n) is 6.64. The minimum absolute atomic E-state index is 0.185. The summed E-state index contributed by atoms with van der Waals surface area (Å²) in [4.78, 5) is 26.2. The Balaban J connectivity index is 1.61. The van der Waals surface area contributed by atoms with Gasteiger partial charge in [0.15, 0.2) is 5.69 Å². The summed E-state index contributed by atoms with van der Waals surface area (Å²) in [5.41, 5.74) is 2.18. The summed E-state index contributed by atoms with van der Waals surface area (Å²) in [5.74, 6) is 0.555. The summed E-state index contributed by atoms with van der Waals surface area (Å²) in [6.45, 7) is 2.43. The molecule has 0 aliphatic carbocycles. The zero-order chi connectivity index (χ0) is 19.7. The predicted octanol–water partition coefficient (Wildman–Crippen LogP) is 1.64. The number of aromatic nitrogens is 5. The van der Waals surface area contributed by atoms with Crippen LogP contribution in [0.15, 0.2) is 41.2 Å². The molecule has 9 nitrogen and oxygen atoms in total. The summed E-state index contributed by atoms with van der Waals surface area (Å²) in [6.07, 6.45) is 1.65. The number of benzene rings is 1. The first-order valence-corrected chi connectivity index (χ1v) is 9.02. The van der Waals surface area contributed by atoms with E-state index in [1.54, 1.807) is 22.8 Å². The van der Waals surface area contributed by atoms with Crippen molar-refractivity contribution in [1.29, 1.82) is 0 Å². The Morgan fingerprint density at radius 1 is 1.21 bits per heavy atom. The van der Waals surface area contributed by atoms with Crippen LogP contribution in [0.1, 0.15) is 40.8 Å². The van der Waals surface area contributed by atoms with E-state index in [2.05, 4.69) is 20.5 Å². The van der Waals surface area contributed by atoms with Crippen LogP contribution in [0, 0.1) is 6.92 Å². The number of ether oxygens (including phenoxy) is 1. The van der Waals surface area contributed by atoms with Crippen molar-refractivity contribution in [3.63, 3.8) is 0 Å². The van der Waals surface area contributed by atoms with Gasteiger partial charge in [0.2, 0.25) is 0 Å². The molecule has 3 aromatic rings. The smallest absolute Gasteiger partial charge is 0.276 e. The number of rotatable bonds is 4. The quantitative estimate of drug-likeness (QED) is 0.738. The number of nitrogens with one attached hydrogen (secondary N) is 1. The Morgan fingerprint density at radius 2 is 2.00 bits per heavy atom. The molecule has 1 unspecified atom stereocenters. The molecule has 4 rings (SSSR count). The Kier molecular flexibility index (Phi) is 4.64. The molecule has 28 heavy (non-hydrogen) atoms. The van der Waals surface area contributed by atoms with Crippen LogP contribution in [0.4, 0.5) is 0 Å². The van der Waals surface area contributed by atoms with E-state index < -0.39 is 0 Å². The highest BCUT2D eigenvalue weighted by atomic mass is 16.5. The molecule has 2 aromatic heterocycles. The Labute approximate surface area is 160 Å². The topological polar surface area (TPSA) is 106 Å². The van der Waals surface area contributed by atoms with Crippen LogP contribution >= 0.6 is 0 Å². The highest BCUT2D eigenvalue weighted by Crippen LogP contribution is 2.31. The fourth-order valence-corrected chi connectivity index (χ4v) is 3.49. The number of carbonyl (C=O) groups is 1. The van der Waals surface area contributed by atoms with Gasteiger partial charge in [0.05, 0.1) is 30.2 Å². The number of likely N-dealkylation sites (tertiary alicyclic amines) is 1. The molecule has 1 aliphatic rings. The van der Waals surface area contributed by atoms with Crippen LogP contribution in [0.2, 0.25) is 0 Å². The number of H-pyrrole nitrogens is 1. The van der Waals surface area contributed by atoms with E-state index in [-0.39, 0.29) is 17.5 Å². The molecule has 1 aromatic carbocycles. The van der Waals surface area contributed by atoms with Crippen molar-refractivity contribution < 1.29 is 9.53 Å². The molecule has 0 saturated carbocycles. The van der Waals surface area contributed by atoms with Crippen LogP contribution in [0.25, 0.3) is 5.69 Å². The van der Waals surface area contributed by atoms with E-state index >= 15 is 0 Å². The van der Waals surface area contributed by atoms with Gasteiger partial charge in [-0.2, -0.15) is 5.10 Å². The standard InChI is InChI=1S/C19H20N6O3/c1-12-18(22-23-25(12)13-5-7-14(28-2)8-6-13)19(27)24-11-3-4-16(24)15-9-10-17(26)21-20-15/h5-10,16H,3-4,11H2,1-2H3,(H,21,26). The molecule has 0 radical (unpaired) electrons. The zero-order valence-corrected chi connectivity index (χ0v) is 15.6. The molecule has 1 fully saturated rings. The monoisotopic (exact) mass is 380 g/mol. The van der Waals surface area contributed by atoms with Gasteiger partial charge < -0.3 is 9.64 Å². The molecule has 1 amide bonds. The first-order valence-electron chi connectivity index (χ1n) is 9.02. The molecule has 9 heteroatoms. The third kappa shape index (κ3) is 3.15. The van der Waals surface area contributed by atoms with Crippen LogP contribution in [-0.2, 0) is 0 Å². The lowest BCUT2D eigenvalue weighted by molar-refractivity contribution is 0.0725. The van der Waals surface area contributed by atoms with E-state index in [0.29, 0.717) is 23.6 Å². The summed E-state index contributed by atoms with van der Waals surface area (Å²) < 4.78 is 6.81. The van der Waals surface area contributed by atoms with Gasteiger partial charge in [-0.15, -0.1) is 5.10 Å². The van der Waals surface area contributed by atoms with Crippen molar-refractivity contribution >= 4 is 5.91 Å². The lowest BCUT2D eigenvalue weighted by Gasteiger charge is -2.23. The van der Waals surface area contributed by atoms with E-state index in [1.165, 1.54) is 6.07 Å². The molecule has 1 aliphatic heterocycles. The van der Waals surface area contributed by atoms with Crippen LogP contribution in [0.5, 0.6) is 5.75 Å². The summed E-state index contributed by atoms with van der Waals surface area (Å²) >= 11 is 0. The van der Waals surface area contributed by atoms with E-state index in [4.69, 9.17) is 4.74 Å². The van der Waals surface area contributed by atoms with Crippen molar-refractivity contribution in [2.45, 2.75) is 25.8 Å². The Morgan fingerprint density at radius 3 is 2.68 bits per heavy atom. The third-order valence-electron chi connectivity index (χ3n) is 4.97. The lowest BCUT2D eigenvalue weighted by Crippen LogP contribution is -2.32. The van der Waals surface area contributed by atoms with E-state index in [9.17, 15) is 9.59 Å². The lowest BCUT2D eigenvalue weighted by atomic mass is 10.1. The fourth-order valence-electron chi connectivity index (χ4n) is 3.49. The fraction of sp³-hybridized carbons (Fsp3) is 0.316. The second-order valence-corrected chi connectivity index (χ2v) is 6.64. The molecule has 0 spiro atoms.